The van der Waals surface area contributed by atoms with Gasteiger partial charge in [0.1, 0.15) is 12.0 Å². The molecule has 1 aliphatic rings. The standard InChI is InChI=1S/C25H29N7O/c1-5-30-16-26-27-24(30)23-20-15-31(13-12-21(20)29(4)28-23)25(33)19-14-22(32(6-2)17(19)3)18-10-8-7-9-11-18/h7-11,14,16H,5-6,12-13,15H2,1-4H3. The number of rotatable bonds is 5. The van der Waals surface area contributed by atoms with Crippen molar-refractivity contribution < 1.29 is 4.79 Å². The van der Waals surface area contributed by atoms with Crippen molar-refractivity contribution >= 4 is 5.91 Å². The SMILES string of the molecule is CCn1cnnc1-c1nn(C)c2c1CN(C(=O)c1cc(-c3ccccc3)n(CC)c1C)CC2. The normalized spacial score (nSPS) is 13.4. The lowest BCUT2D eigenvalue weighted by Gasteiger charge is -2.27. The third-order valence-electron chi connectivity index (χ3n) is 6.68. The van der Waals surface area contributed by atoms with Crippen LogP contribution in [-0.2, 0) is 33.1 Å². The van der Waals surface area contributed by atoms with E-state index in [0.29, 0.717) is 13.1 Å². The van der Waals surface area contributed by atoms with E-state index in [1.165, 1.54) is 0 Å². The summed E-state index contributed by atoms with van der Waals surface area (Å²) < 4.78 is 6.13. The van der Waals surface area contributed by atoms with Crippen LogP contribution in [0.25, 0.3) is 22.8 Å². The Hall–Kier alpha value is -3.68. The lowest BCUT2D eigenvalue weighted by atomic mass is 10.0. The summed E-state index contributed by atoms with van der Waals surface area (Å²) in [5.41, 5.74) is 7.01. The first-order chi connectivity index (χ1) is 16.0. The van der Waals surface area contributed by atoms with Gasteiger partial charge in [-0.2, -0.15) is 5.10 Å². The second-order valence-corrected chi connectivity index (χ2v) is 8.45. The number of fused-ring (bicyclic) bond motifs is 1. The minimum atomic E-state index is 0.0642. The van der Waals surface area contributed by atoms with E-state index in [4.69, 9.17) is 5.10 Å². The summed E-state index contributed by atoms with van der Waals surface area (Å²) in [6.45, 7) is 8.98. The molecule has 0 aliphatic carbocycles. The van der Waals surface area contributed by atoms with Gasteiger partial charge in [0.2, 0.25) is 0 Å². The van der Waals surface area contributed by atoms with Crippen molar-refractivity contribution in [2.45, 2.75) is 46.8 Å². The van der Waals surface area contributed by atoms with Gasteiger partial charge in [0.05, 0.1) is 12.1 Å². The molecule has 0 radical (unpaired) electrons. The summed E-state index contributed by atoms with van der Waals surface area (Å²) in [5.74, 6) is 0.817. The largest absolute Gasteiger partial charge is 0.344 e. The molecule has 0 spiro atoms. The van der Waals surface area contributed by atoms with Crippen LogP contribution in [-0.4, -0.2) is 46.5 Å². The third kappa shape index (κ3) is 3.46. The molecule has 33 heavy (non-hydrogen) atoms. The Balaban J connectivity index is 1.50. The van der Waals surface area contributed by atoms with Crippen LogP contribution in [0.15, 0.2) is 42.7 Å². The Morgan fingerprint density at radius 2 is 1.91 bits per heavy atom. The van der Waals surface area contributed by atoms with Crippen molar-refractivity contribution in [2.24, 2.45) is 7.05 Å². The van der Waals surface area contributed by atoms with Crippen molar-refractivity contribution in [2.75, 3.05) is 6.54 Å². The molecule has 0 unspecified atom stereocenters. The molecule has 0 saturated carbocycles. The van der Waals surface area contributed by atoms with Crippen LogP contribution in [0.2, 0.25) is 0 Å². The van der Waals surface area contributed by atoms with Crippen molar-refractivity contribution in [3.8, 4) is 22.8 Å². The highest BCUT2D eigenvalue weighted by atomic mass is 16.2. The highest BCUT2D eigenvalue weighted by Crippen LogP contribution is 2.31. The monoisotopic (exact) mass is 443 g/mol. The summed E-state index contributed by atoms with van der Waals surface area (Å²) in [6, 6.07) is 12.3. The number of nitrogens with zero attached hydrogens (tertiary/aromatic N) is 7. The molecule has 3 aromatic heterocycles. The average Bonchev–Trinajstić information content (AvgIpc) is 3.54. The van der Waals surface area contributed by atoms with Crippen molar-refractivity contribution in [3.05, 3.63) is 65.2 Å². The number of carbonyl (C=O) groups excluding carboxylic acids is 1. The quantitative estimate of drug-likeness (QED) is 0.472. The predicted octanol–water partition coefficient (Wildman–Crippen LogP) is 3.69. The number of amides is 1. The Bertz CT molecular complexity index is 1310. The maximum Gasteiger partial charge on any atom is 0.256 e. The molecule has 1 aromatic carbocycles. The Kier molecular flexibility index (Phi) is 5.36. The second-order valence-electron chi connectivity index (χ2n) is 8.45. The third-order valence-corrected chi connectivity index (χ3v) is 6.68. The van der Waals surface area contributed by atoms with Crippen LogP contribution in [0.4, 0.5) is 0 Å². The topological polar surface area (TPSA) is 73.8 Å². The predicted molar refractivity (Wildman–Crippen MR) is 127 cm³/mol. The first-order valence-corrected chi connectivity index (χ1v) is 11.5. The van der Waals surface area contributed by atoms with Gasteiger partial charge in [-0.05, 0) is 32.4 Å². The zero-order valence-corrected chi connectivity index (χ0v) is 19.6. The lowest BCUT2D eigenvalue weighted by molar-refractivity contribution is 0.0733. The van der Waals surface area contributed by atoms with Gasteiger partial charge in [-0.1, -0.05) is 30.3 Å². The van der Waals surface area contributed by atoms with Crippen LogP contribution in [0.5, 0.6) is 0 Å². The van der Waals surface area contributed by atoms with E-state index in [9.17, 15) is 4.79 Å². The van der Waals surface area contributed by atoms with E-state index in [1.807, 2.05) is 52.4 Å². The van der Waals surface area contributed by atoms with Crippen LogP contribution < -0.4 is 0 Å². The zero-order chi connectivity index (χ0) is 23.1. The fourth-order valence-corrected chi connectivity index (χ4v) is 4.90. The molecule has 170 valence electrons. The maximum absolute atomic E-state index is 13.7. The molecule has 4 aromatic rings. The van der Waals surface area contributed by atoms with Crippen LogP contribution in [0, 0.1) is 6.92 Å². The van der Waals surface area contributed by atoms with E-state index in [-0.39, 0.29) is 5.91 Å². The molecule has 0 saturated heterocycles. The molecule has 5 rings (SSSR count). The number of hydrogen-bond donors (Lipinski definition) is 0. The molecule has 0 bridgehead atoms. The summed E-state index contributed by atoms with van der Waals surface area (Å²) in [4.78, 5) is 15.7. The van der Waals surface area contributed by atoms with Crippen molar-refractivity contribution in [1.29, 1.82) is 0 Å². The molecule has 1 amide bonds. The first-order valence-electron chi connectivity index (χ1n) is 11.5. The van der Waals surface area contributed by atoms with Crippen molar-refractivity contribution in [1.82, 2.24) is 34.0 Å². The molecule has 0 atom stereocenters. The molecular weight excluding hydrogens is 414 g/mol. The molecule has 1 aliphatic heterocycles. The van der Waals surface area contributed by atoms with E-state index in [1.54, 1.807) is 6.33 Å². The molecule has 0 fully saturated rings. The zero-order valence-electron chi connectivity index (χ0n) is 19.6. The van der Waals surface area contributed by atoms with Gasteiger partial charge < -0.3 is 14.0 Å². The summed E-state index contributed by atoms with van der Waals surface area (Å²) >= 11 is 0. The van der Waals surface area contributed by atoms with Gasteiger partial charge in [-0.3, -0.25) is 9.48 Å². The molecular formula is C25H29N7O. The van der Waals surface area contributed by atoms with Gasteiger partial charge >= 0.3 is 0 Å². The Labute approximate surface area is 193 Å². The molecule has 4 heterocycles. The number of hydrogen-bond acceptors (Lipinski definition) is 4. The van der Waals surface area contributed by atoms with Gasteiger partial charge in [-0.15, -0.1) is 10.2 Å². The summed E-state index contributed by atoms with van der Waals surface area (Å²) in [5, 5.41) is 13.1. The first kappa shape index (κ1) is 21.2. The van der Waals surface area contributed by atoms with Crippen LogP contribution in [0.3, 0.4) is 0 Å². The van der Waals surface area contributed by atoms with Crippen molar-refractivity contribution in [3.63, 3.8) is 0 Å². The van der Waals surface area contributed by atoms with Gasteiger partial charge in [0.15, 0.2) is 5.82 Å². The summed E-state index contributed by atoms with van der Waals surface area (Å²) in [6.07, 6.45) is 2.49. The molecule has 0 N–H and O–H groups in total. The smallest absolute Gasteiger partial charge is 0.256 e. The van der Waals surface area contributed by atoms with Gasteiger partial charge in [0, 0.05) is 55.7 Å². The van der Waals surface area contributed by atoms with E-state index in [2.05, 4.69) is 40.7 Å². The highest BCUT2D eigenvalue weighted by Gasteiger charge is 2.31. The van der Waals surface area contributed by atoms with E-state index < -0.39 is 0 Å². The average molecular weight is 444 g/mol. The summed E-state index contributed by atoms with van der Waals surface area (Å²) in [7, 11) is 1.96. The van der Waals surface area contributed by atoms with Crippen LogP contribution >= 0.6 is 0 Å². The van der Waals surface area contributed by atoms with Gasteiger partial charge in [-0.25, -0.2) is 0 Å². The van der Waals surface area contributed by atoms with E-state index in [0.717, 1.165) is 64.8 Å². The molecule has 8 heteroatoms. The maximum atomic E-state index is 13.7. The minimum absolute atomic E-state index is 0.0642. The number of aromatic nitrogens is 6. The Morgan fingerprint density at radius 1 is 1.12 bits per heavy atom. The number of aryl methyl sites for hydroxylation is 2. The fourth-order valence-electron chi connectivity index (χ4n) is 4.90. The fraction of sp³-hybridized carbons (Fsp3) is 0.360. The highest BCUT2D eigenvalue weighted by molar-refractivity contribution is 5.97. The number of carbonyl (C=O) groups is 1. The second kappa shape index (κ2) is 8.35. The Morgan fingerprint density at radius 3 is 2.64 bits per heavy atom. The van der Waals surface area contributed by atoms with Crippen LogP contribution in [0.1, 0.15) is 41.2 Å². The van der Waals surface area contributed by atoms with Gasteiger partial charge in [0.25, 0.3) is 5.91 Å². The van der Waals surface area contributed by atoms with E-state index >= 15 is 0 Å². The minimum Gasteiger partial charge on any atom is -0.344 e. The lowest BCUT2D eigenvalue weighted by Crippen LogP contribution is -2.36. The number of benzene rings is 1. The molecule has 8 nitrogen and oxygen atoms in total.